The Morgan fingerprint density at radius 1 is 1.29 bits per heavy atom. The van der Waals surface area contributed by atoms with Crippen molar-refractivity contribution in [3.8, 4) is 0 Å². The highest BCUT2D eigenvalue weighted by Gasteiger charge is 2.34. The van der Waals surface area contributed by atoms with E-state index < -0.39 is 0 Å². The number of aryl methyl sites for hydroxylation is 1. The minimum Gasteiger partial charge on any atom is -0.353 e. The maximum absolute atomic E-state index is 13.5. The van der Waals surface area contributed by atoms with Crippen molar-refractivity contribution in [2.24, 2.45) is 5.92 Å². The van der Waals surface area contributed by atoms with E-state index in [9.17, 15) is 9.18 Å². The van der Waals surface area contributed by atoms with E-state index in [1.165, 1.54) is 6.07 Å². The second-order valence-corrected chi connectivity index (χ2v) is 5.89. The van der Waals surface area contributed by atoms with Gasteiger partial charge in [-0.2, -0.15) is 0 Å². The molecule has 1 saturated heterocycles. The fourth-order valence-corrected chi connectivity index (χ4v) is 3.13. The number of halogens is 1. The number of carbonyl (C=O) groups excluding carboxylic acids is 1. The summed E-state index contributed by atoms with van der Waals surface area (Å²) >= 11 is 0. The fourth-order valence-electron chi connectivity index (χ4n) is 3.13. The van der Waals surface area contributed by atoms with Gasteiger partial charge in [-0.05, 0) is 38.8 Å². The number of amides is 1. The highest BCUT2D eigenvalue weighted by atomic mass is 19.1. The molecule has 116 valence electrons. The van der Waals surface area contributed by atoms with E-state index in [1.807, 2.05) is 6.92 Å². The van der Waals surface area contributed by atoms with Crippen molar-refractivity contribution in [3.05, 3.63) is 35.6 Å². The molecule has 3 atom stereocenters. The van der Waals surface area contributed by atoms with Gasteiger partial charge in [0.1, 0.15) is 5.82 Å². The third-order valence-electron chi connectivity index (χ3n) is 4.24. The Bertz CT molecular complexity index is 484. The first-order valence-electron chi connectivity index (χ1n) is 7.53. The zero-order chi connectivity index (χ0) is 15.4. The topological polar surface area (TPSA) is 53.2 Å². The predicted molar refractivity (Wildman–Crippen MR) is 81.0 cm³/mol. The molecular formula is C16H24FN3O. The number of carbonyl (C=O) groups is 1. The minimum atomic E-state index is -0.246. The Labute approximate surface area is 125 Å². The molecule has 1 fully saturated rings. The van der Waals surface area contributed by atoms with E-state index in [-0.39, 0.29) is 17.8 Å². The fraction of sp³-hybridized carbons (Fsp3) is 0.562. The van der Waals surface area contributed by atoms with Crippen LogP contribution in [0.25, 0.3) is 0 Å². The third kappa shape index (κ3) is 4.02. The Kier molecular flexibility index (Phi) is 5.31. The van der Waals surface area contributed by atoms with E-state index in [0.717, 1.165) is 0 Å². The van der Waals surface area contributed by atoms with E-state index in [0.29, 0.717) is 36.4 Å². The third-order valence-corrected chi connectivity index (χ3v) is 4.24. The first-order chi connectivity index (χ1) is 9.99. The molecule has 0 radical (unpaired) electrons. The summed E-state index contributed by atoms with van der Waals surface area (Å²) in [5, 5.41) is 3.03. The van der Waals surface area contributed by atoms with Crippen LogP contribution >= 0.6 is 0 Å². The second-order valence-electron chi connectivity index (χ2n) is 5.89. The van der Waals surface area contributed by atoms with Gasteiger partial charge in [-0.3, -0.25) is 15.6 Å². The number of nitrogens with one attached hydrogen (secondary N) is 3. The van der Waals surface area contributed by atoms with Gasteiger partial charge in [0.15, 0.2) is 0 Å². The Balaban J connectivity index is 1.83. The number of hydrogen-bond acceptors (Lipinski definition) is 3. The van der Waals surface area contributed by atoms with E-state index in [4.69, 9.17) is 0 Å². The summed E-state index contributed by atoms with van der Waals surface area (Å²) < 4.78 is 13.5. The molecule has 4 nitrogen and oxygen atoms in total. The van der Waals surface area contributed by atoms with Gasteiger partial charge in [0, 0.05) is 30.5 Å². The predicted octanol–water partition coefficient (Wildman–Crippen LogP) is 1.76. The summed E-state index contributed by atoms with van der Waals surface area (Å²) in [5.41, 5.74) is 6.96. The zero-order valence-electron chi connectivity index (χ0n) is 12.8. The van der Waals surface area contributed by atoms with Gasteiger partial charge in [-0.25, -0.2) is 4.39 Å². The van der Waals surface area contributed by atoms with Gasteiger partial charge in [-0.1, -0.05) is 18.2 Å². The lowest BCUT2D eigenvalue weighted by molar-refractivity contribution is -0.122. The van der Waals surface area contributed by atoms with Gasteiger partial charge in [-0.15, -0.1) is 0 Å². The first kappa shape index (κ1) is 15.9. The molecule has 2 rings (SSSR count). The van der Waals surface area contributed by atoms with Crippen molar-refractivity contribution in [3.63, 3.8) is 0 Å². The molecule has 0 aromatic heterocycles. The van der Waals surface area contributed by atoms with Gasteiger partial charge in [0.05, 0.1) is 0 Å². The van der Waals surface area contributed by atoms with E-state index in [1.54, 1.807) is 18.2 Å². The van der Waals surface area contributed by atoms with Crippen LogP contribution in [0, 0.1) is 11.7 Å². The van der Waals surface area contributed by atoms with Crippen molar-refractivity contribution >= 4 is 5.91 Å². The standard InChI is InChI=1S/C16H24FN3O/c1-10(16-11(2)19-20-12(16)3)18-15(21)9-8-13-6-4-5-7-14(13)17/h4-7,10-12,16,19-20H,8-9H2,1-3H3,(H,18,21). The Hall–Kier alpha value is -1.46. The zero-order valence-corrected chi connectivity index (χ0v) is 12.8. The molecule has 0 aliphatic carbocycles. The summed E-state index contributed by atoms with van der Waals surface area (Å²) in [7, 11) is 0. The molecule has 3 unspecified atom stereocenters. The molecule has 0 spiro atoms. The van der Waals surface area contributed by atoms with Crippen LogP contribution in [0.4, 0.5) is 4.39 Å². The van der Waals surface area contributed by atoms with E-state index in [2.05, 4.69) is 30.0 Å². The smallest absolute Gasteiger partial charge is 0.220 e. The van der Waals surface area contributed by atoms with Crippen LogP contribution in [0.3, 0.4) is 0 Å². The van der Waals surface area contributed by atoms with Gasteiger partial charge in [0.2, 0.25) is 5.91 Å². The molecular weight excluding hydrogens is 269 g/mol. The quantitative estimate of drug-likeness (QED) is 0.775. The highest BCUT2D eigenvalue weighted by Crippen LogP contribution is 2.18. The number of hydrogen-bond donors (Lipinski definition) is 3. The van der Waals surface area contributed by atoms with Crippen LogP contribution in [0.5, 0.6) is 0 Å². The number of benzene rings is 1. The van der Waals surface area contributed by atoms with Crippen molar-refractivity contribution in [1.82, 2.24) is 16.2 Å². The molecule has 1 heterocycles. The number of hydrazine groups is 1. The lowest BCUT2D eigenvalue weighted by atomic mass is 9.89. The average Bonchev–Trinajstić information content (AvgIpc) is 2.77. The lowest BCUT2D eigenvalue weighted by Gasteiger charge is -2.26. The summed E-state index contributed by atoms with van der Waals surface area (Å²) in [6.07, 6.45) is 0.735. The normalized spacial score (nSPS) is 26.6. The van der Waals surface area contributed by atoms with Crippen molar-refractivity contribution in [2.45, 2.75) is 51.7 Å². The molecule has 0 bridgehead atoms. The second kappa shape index (κ2) is 7.00. The molecule has 0 saturated carbocycles. The summed E-state index contributed by atoms with van der Waals surface area (Å²) in [4.78, 5) is 12.0. The minimum absolute atomic E-state index is 0.0305. The summed E-state index contributed by atoms with van der Waals surface area (Å²) in [6.45, 7) is 6.22. The molecule has 1 aromatic rings. The summed E-state index contributed by atoms with van der Waals surface area (Å²) in [6, 6.07) is 7.28. The Morgan fingerprint density at radius 3 is 2.52 bits per heavy atom. The van der Waals surface area contributed by atoms with Crippen LogP contribution in [0.2, 0.25) is 0 Å². The van der Waals surface area contributed by atoms with Crippen molar-refractivity contribution in [2.75, 3.05) is 0 Å². The van der Waals surface area contributed by atoms with Gasteiger partial charge >= 0.3 is 0 Å². The average molecular weight is 293 g/mol. The summed E-state index contributed by atoms with van der Waals surface area (Å²) in [5.74, 6) is 0.0595. The highest BCUT2D eigenvalue weighted by molar-refractivity contribution is 5.76. The maximum atomic E-state index is 13.5. The van der Waals surface area contributed by atoms with Crippen LogP contribution in [0.1, 0.15) is 32.8 Å². The molecule has 1 aromatic carbocycles. The van der Waals surface area contributed by atoms with Crippen molar-refractivity contribution in [1.29, 1.82) is 0 Å². The van der Waals surface area contributed by atoms with Gasteiger partial charge in [0.25, 0.3) is 0 Å². The molecule has 1 aliphatic rings. The Morgan fingerprint density at radius 2 is 1.90 bits per heavy atom. The molecule has 1 amide bonds. The van der Waals surface area contributed by atoms with Crippen LogP contribution in [0.15, 0.2) is 24.3 Å². The van der Waals surface area contributed by atoms with Gasteiger partial charge < -0.3 is 5.32 Å². The molecule has 21 heavy (non-hydrogen) atoms. The monoisotopic (exact) mass is 293 g/mol. The SMILES string of the molecule is CC1NNC(C)C1C(C)NC(=O)CCc1ccccc1F. The molecule has 3 N–H and O–H groups in total. The van der Waals surface area contributed by atoms with Crippen LogP contribution < -0.4 is 16.2 Å². The first-order valence-corrected chi connectivity index (χ1v) is 7.53. The largest absolute Gasteiger partial charge is 0.353 e. The van der Waals surface area contributed by atoms with Crippen LogP contribution in [-0.2, 0) is 11.2 Å². The lowest BCUT2D eigenvalue weighted by Crippen LogP contribution is -2.44. The number of rotatable bonds is 5. The maximum Gasteiger partial charge on any atom is 0.220 e. The molecule has 5 heteroatoms. The van der Waals surface area contributed by atoms with Crippen molar-refractivity contribution < 1.29 is 9.18 Å². The molecule has 1 aliphatic heterocycles. The van der Waals surface area contributed by atoms with Crippen LogP contribution in [-0.4, -0.2) is 24.0 Å². The van der Waals surface area contributed by atoms with E-state index >= 15 is 0 Å².